The summed E-state index contributed by atoms with van der Waals surface area (Å²) in [6.07, 6.45) is 0. The lowest BCUT2D eigenvalue weighted by Crippen LogP contribution is -1.99. The molecule has 0 unspecified atom stereocenters. The van der Waals surface area contributed by atoms with Crippen molar-refractivity contribution in [1.82, 2.24) is 0 Å². The number of benzene rings is 4. The molecular formula is C42H6N12. The number of nitriles is 12. The SMILES string of the molecule is N#CC(C#N)=C1c2cc(C#N)c(C#N)cc2-c2c1c1c(c3c2C(=C(C#N)C#N)c2cc(C#N)c(C#N)cc2-3)C(=C(C#N)C#N)c2cc(C#N)c(C#N)cc2-1. The first-order valence-corrected chi connectivity index (χ1v) is 15.1. The van der Waals surface area contributed by atoms with E-state index in [2.05, 4.69) is 0 Å². The summed E-state index contributed by atoms with van der Waals surface area (Å²) in [5, 5.41) is 123. The van der Waals surface area contributed by atoms with Gasteiger partial charge in [0.2, 0.25) is 0 Å². The summed E-state index contributed by atoms with van der Waals surface area (Å²) in [4.78, 5) is 0. The lowest BCUT2D eigenvalue weighted by Gasteiger charge is -2.19. The third kappa shape index (κ3) is 3.93. The van der Waals surface area contributed by atoms with Crippen molar-refractivity contribution in [2.75, 3.05) is 0 Å². The zero-order chi connectivity index (χ0) is 38.6. The number of allylic oxidation sites excluding steroid dienone is 3. The Labute approximate surface area is 305 Å². The molecule has 0 aromatic heterocycles. The summed E-state index contributed by atoms with van der Waals surface area (Å²) in [5.41, 5.74) is 0.115. The van der Waals surface area contributed by atoms with Gasteiger partial charge in [-0.05, 0) is 86.5 Å². The van der Waals surface area contributed by atoms with Crippen molar-refractivity contribution in [1.29, 1.82) is 63.1 Å². The van der Waals surface area contributed by atoms with Crippen LogP contribution in [0.4, 0.5) is 0 Å². The standard InChI is InChI=1S/C42H6N12/c43-7-19-1-28-31(4-22(19)10-46)37-40(34(28)25(13-49)14-50)38-32-5-23(11-47)20(8-44)2-29(32)36(27(17-53)18-54)42(38)39-33-6-24(12-48)21(9-45)3-30(33)35(41(37)39)26(15-51)16-52/h1-6H. The molecule has 7 rings (SSSR count). The predicted octanol–water partition coefficient (Wildman–Crippen LogP) is 6.41. The maximum Gasteiger partial charge on any atom is 0.138 e. The minimum Gasteiger partial charge on any atom is -0.192 e. The summed E-state index contributed by atoms with van der Waals surface area (Å²) >= 11 is 0. The maximum atomic E-state index is 10.4. The molecule has 4 aromatic carbocycles. The smallest absolute Gasteiger partial charge is 0.138 e. The van der Waals surface area contributed by atoms with Crippen LogP contribution in [0.1, 0.15) is 66.8 Å². The number of nitrogens with zero attached hydrogens (tertiary/aromatic N) is 12. The van der Waals surface area contributed by atoms with Crippen molar-refractivity contribution in [3.8, 4) is 106 Å². The average molecular weight is 679 g/mol. The molecule has 12 nitrogen and oxygen atoms in total. The fourth-order valence-electron chi connectivity index (χ4n) is 7.50. The van der Waals surface area contributed by atoms with E-state index in [9.17, 15) is 63.1 Å². The summed E-state index contributed by atoms with van der Waals surface area (Å²) in [6, 6.07) is 31.3. The van der Waals surface area contributed by atoms with Crippen molar-refractivity contribution < 1.29 is 0 Å². The minimum atomic E-state index is -0.444. The second-order valence-corrected chi connectivity index (χ2v) is 11.7. The normalized spacial score (nSPS) is 11.0. The average Bonchev–Trinajstić information content (AvgIpc) is 3.82. The van der Waals surface area contributed by atoms with Gasteiger partial charge in [0.25, 0.3) is 0 Å². The van der Waals surface area contributed by atoms with Gasteiger partial charge >= 0.3 is 0 Å². The molecule has 0 radical (unpaired) electrons. The highest BCUT2D eigenvalue weighted by Crippen LogP contribution is 2.65. The Morgan fingerprint density at radius 1 is 0.259 bits per heavy atom. The van der Waals surface area contributed by atoms with Crippen LogP contribution in [0.15, 0.2) is 53.1 Å². The van der Waals surface area contributed by atoms with Crippen LogP contribution in [0.25, 0.3) is 50.1 Å². The van der Waals surface area contributed by atoms with E-state index < -0.39 is 16.7 Å². The van der Waals surface area contributed by atoms with Gasteiger partial charge < -0.3 is 0 Å². The number of fused-ring (bicyclic) bond motifs is 12. The fraction of sp³-hybridized carbons (Fsp3) is 0. The lowest BCUT2D eigenvalue weighted by atomic mass is 9.82. The van der Waals surface area contributed by atoms with Gasteiger partial charge in [-0.2, -0.15) is 63.1 Å². The summed E-state index contributed by atoms with van der Waals surface area (Å²) < 4.78 is 0. The van der Waals surface area contributed by atoms with Crippen molar-refractivity contribution in [3.63, 3.8) is 0 Å². The second-order valence-electron chi connectivity index (χ2n) is 11.7. The third-order valence-corrected chi connectivity index (χ3v) is 9.48. The lowest BCUT2D eigenvalue weighted by molar-refractivity contribution is 1.42. The molecule has 0 saturated carbocycles. The molecular weight excluding hydrogens is 673 g/mol. The molecule has 0 atom stereocenters. The van der Waals surface area contributed by atoms with E-state index in [4.69, 9.17) is 0 Å². The first kappa shape index (κ1) is 32.5. The van der Waals surface area contributed by atoms with Crippen molar-refractivity contribution in [2.24, 2.45) is 0 Å². The molecule has 54 heavy (non-hydrogen) atoms. The van der Waals surface area contributed by atoms with Gasteiger partial charge in [0, 0.05) is 33.4 Å². The monoisotopic (exact) mass is 678 g/mol. The maximum absolute atomic E-state index is 10.4. The molecule has 0 N–H and O–H groups in total. The van der Waals surface area contributed by atoms with Crippen LogP contribution in [0.2, 0.25) is 0 Å². The number of hydrogen-bond acceptors (Lipinski definition) is 12. The molecule has 234 valence electrons. The van der Waals surface area contributed by atoms with E-state index in [1.54, 1.807) is 0 Å². The molecule has 4 aromatic rings. The van der Waals surface area contributed by atoms with E-state index in [-0.39, 0.29) is 117 Å². The predicted molar refractivity (Wildman–Crippen MR) is 183 cm³/mol. The van der Waals surface area contributed by atoms with E-state index in [0.717, 1.165) is 0 Å². The molecule has 0 bridgehead atoms. The summed E-state index contributed by atoms with van der Waals surface area (Å²) in [6.45, 7) is 0. The van der Waals surface area contributed by atoms with E-state index in [0.29, 0.717) is 0 Å². The molecule has 12 heteroatoms. The van der Waals surface area contributed by atoms with Crippen LogP contribution in [0, 0.1) is 136 Å². The third-order valence-electron chi connectivity index (χ3n) is 9.48. The van der Waals surface area contributed by atoms with E-state index in [1.807, 2.05) is 72.8 Å². The van der Waals surface area contributed by atoms with Gasteiger partial charge in [-0.25, -0.2) is 0 Å². The van der Waals surface area contributed by atoms with Crippen LogP contribution >= 0.6 is 0 Å². The fourth-order valence-corrected chi connectivity index (χ4v) is 7.50. The van der Waals surface area contributed by atoms with E-state index in [1.165, 1.54) is 36.4 Å². The molecule has 0 saturated heterocycles. The Morgan fingerprint density at radius 2 is 0.444 bits per heavy atom. The largest absolute Gasteiger partial charge is 0.192 e. The van der Waals surface area contributed by atoms with Gasteiger partial charge in [-0.15, -0.1) is 0 Å². The Bertz CT molecular complexity index is 2860. The van der Waals surface area contributed by atoms with Crippen LogP contribution in [0.5, 0.6) is 0 Å². The van der Waals surface area contributed by atoms with Gasteiger partial charge in [0.1, 0.15) is 89.5 Å². The first-order valence-electron chi connectivity index (χ1n) is 15.1. The molecule has 3 aliphatic carbocycles. The van der Waals surface area contributed by atoms with Gasteiger partial charge in [0.05, 0.1) is 33.4 Å². The van der Waals surface area contributed by atoms with Gasteiger partial charge in [0.15, 0.2) is 0 Å². The Morgan fingerprint density at radius 3 is 0.611 bits per heavy atom. The summed E-state index contributed by atoms with van der Waals surface area (Å²) in [5.74, 6) is 0. The van der Waals surface area contributed by atoms with Crippen molar-refractivity contribution in [2.45, 2.75) is 0 Å². The topological polar surface area (TPSA) is 285 Å². The van der Waals surface area contributed by atoms with Crippen LogP contribution < -0.4 is 0 Å². The van der Waals surface area contributed by atoms with Crippen molar-refractivity contribution in [3.05, 3.63) is 120 Å². The molecule has 0 aliphatic heterocycles. The molecule has 0 fully saturated rings. The zero-order valence-electron chi connectivity index (χ0n) is 26.8. The first-order chi connectivity index (χ1) is 26.3. The Balaban J connectivity index is 1.94. The Kier molecular flexibility index (Phi) is 7.13. The number of hydrogen-bond donors (Lipinski definition) is 0. The molecule has 0 spiro atoms. The van der Waals surface area contributed by atoms with E-state index >= 15 is 0 Å². The molecule has 0 amide bonds. The number of rotatable bonds is 0. The highest BCUT2D eigenvalue weighted by Gasteiger charge is 2.45. The van der Waals surface area contributed by atoms with Gasteiger partial charge in [-0.3, -0.25) is 0 Å². The van der Waals surface area contributed by atoms with Crippen LogP contribution in [-0.4, -0.2) is 0 Å². The minimum absolute atomic E-state index is 0.0169. The van der Waals surface area contributed by atoms with Crippen molar-refractivity contribution >= 4 is 16.7 Å². The second kappa shape index (κ2) is 11.8. The summed E-state index contributed by atoms with van der Waals surface area (Å²) in [7, 11) is 0. The van der Waals surface area contributed by atoms with Crippen LogP contribution in [-0.2, 0) is 0 Å². The van der Waals surface area contributed by atoms with Crippen LogP contribution in [0.3, 0.4) is 0 Å². The molecule has 0 heterocycles. The quantitative estimate of drug-likeness (QED) is 0.157. The molecule has 3 aliphatic rings. The highest BCUT2D eigenvalue weighted by atomic mass is 14.5. The highest BCUT2D eigenvalue weighted by molar-refractivity contribution is 6.25. The van der Waals surface area contributed by atoms with Gasteiger partial charge in [-0.1, -0.05) is 0 Å². The zero-order valence-corrected chi connectivity index (χ0v) is 26.8. The Hall–Kier alpha value is -10.0.